The molecule has 1 aliphatic heterocycles. The molecule has 2 radical (unpaired) electrons. The van der Waals surface area contributed by atoms with Gasteiger partial charge in [-0.15, -0.1) is 11.8 Å². The molecule has 1 aliphatic rings. The van der Waals surface area contributed by atoms with Crippen LogP contribution in [-0.4, -0.2) is 5.75 Å². The zero-order chi connectivity index (χ0) is 4.24. The van der Waals surface area contributed by atoms with Crippen molar-refractivity contribution in [1.29, 1.82) is 0 Å². The smallest absolute Gasteiger partial charge is 0.00455 e. The molecule has 0 saturated carbocycles. The van der Waals surface area contributed by atoms with Gasteiger partial charge in [0.1, 0.15) is 0 Å². The van der Waals surface area contributed by atoms with Crippen molar-refractivity contribution in [3.63, 3.8) is 0 Å². The number of allylic oxidation sites excluding steroid dienone is 1. The Kier molecular flexibility index (Phi) is 1.63. The summed E-state index contributed by atoms with van der Waals surface area (Å²) in [6.45, 7) is 0. The Labute approximate surface area is 42.6 Å². The summed E-state index contributed by atoms with van der Waals surface area (Å²) in [5.41, 5.74) is 0. The number of hydrogen-bond donors (Lipinski definition) is 0. The summed E-state index contributed by atoms with van der Waals surface area (Å²) >= 11 is 1.80. The molecule has 0 unspecified atom stereocenters. The van der Waals surface area contributed by atoms with E-state index in [9.17, 15) is 0 Å². The fraction of sp³-hybridized carbons (Fsp3) is 0.400. The first-order valence-electron chi connectivity index (χ1n) is 1.97. The molecular formula is C5H6S. The highest BCUT2D eigenvalue weighted by Crippen LogP contribution is 2.11. The SMILES string of the molecule is [C]1CC=CSC1. The van der Waals surface area contributed by atoms with Crippen molar-refractivity contribution in [3.8, 4) is 0 Å². The highest BCUT2D eigenvalue weighted by atomic mass is 32.2. The first-order chi connectivity index (χ1) is 3.00. The van der Waals surface area contributed by atoms with Crippen LogP contribution in [0.3, 0.4) is 0 Å². The Bertz CT molecular complexity index is 49.0. The molecule has 1 heterocycles. The number of rotatable bonds is 0. The van der Waals surface area contributed by atoms with E-state index in [0.717, 1.165) is 12.2 Å². The number of hydrogen-bond acceptors (Lipinski definition) is 1. The molecule has 0 N–H and O–H groups in total. The Morgan fingerprint density at radius 1 is 1.67 bits per heavy atom. The molecule has 0 spiro atoms. The third-order valence-corrected chi connectivity index (χ3v) is 1.40. The molecule has 0 aromatic rings. The lowest BCUT2D eigenvalue weighted by atomic mass is 10.3. The third kappa shape index (κ3) is 1.05. The van der Waals surface area contributed by atoms with E-state index < -0.39 is 0 Å². The van der Waals surface area contributed by atoms with Crippen LogP contribution in [-0.2, 0) is 0 Å². The molecule has 0 saturated heterocycles. The maximum Gasteiger partial charge on any atom is 0.00455 e. The van der Waals surface area contributed by atoms with Crippen LogP contribution in [0, 0.1) is 6.42 Å². The third-order valence-electron chi connectivity index (χ3n) is 0.640. The largest absolute Gasteiger partial charge is 0.134 e. The van der Waals surface area contributed by atoms with Crippen molar-refractivity contribution in [2.75, 3.05) is 5.75 Å². The minimum absolute atomic E-state index is 1.05. The average molecular weight is 98.2 g/mol. The Morgan fingerprint density at radius 3 is 2.83 bits per heavy atom. The zero-order valence-corrected chi connectivity index (χ0v) is 4.29. The lowest BCUT2D eigenvalue weighted by molar-refractivity contribution is 1.22. The summed E-state index contributed by atoms with van der Waals surface area (Å²) in [5, 5.41) is 2.12. The van der Waals surface area contributed by atoms with Gasteiger partial charge in [0.05, 0.1) is 0 Å². The summed E-state index contributed by atoms with van der Waals surface area (Å²) in [6, 6.07) is 0. The van der Waals surface area contributed by atoms with E-state index in [-0.39, 0.29) is 0 Å². The topological polar surface area (TPSA) is 0 Å². The molecule has 0 fully saturated rings. The van der Waals surface area contributed by atoms with Crippen LogP contribution in [0.1, 0.15) is 6.42 Å². The second-order valence-corrected chi connectivity index (χ2v) is 2.03. The highest BCUT2D eigenvalue weighted by Gasteiger charge is 1.88. The van der Waals surface area contributed by atoms with E-state index in [2.05, 4.69) is 17.9 Å². The molecule has 1 heteroatoms. The van der Waals surface area contributed by atoms with Crippen molar-refractivity contribution < 1.29 is 0 Å². The normalized spacial score (nSPS) is 21.3. The van der Waals surface area contributed by atoms with Crippen LogP contribution in [0.15, 0.2) is 11.5 Å². The van der Waals surface area contributed by atoms with Gasteiger partial charge in [-0.1, -0.05) is 6.08 Å². The molecule has 0 atom stereocenters. The molecule has 6 heavy (non-hydrogen) atoms. The quantitative estimate of drug-likeness (QED) is 0.444. The molecule has 0 amide bonds. The summed E-state index contributed by atoms with van der Waals surface area (Å²) in [6.07, 6.45) is 6.33. The van der Waals surface area contributed by atoms with Gasteiger partial charge in [0.25, 0.3) is 0 Å². The van der Waals surface area contributed by atoms with Crippen LogP contribution in [0.25, 0.3) is 0 Å². The summed E-state index contributed by atoms with van der Waals surface area (Å²) in [5.74, 6) is 1.08. The monoisotopic (exact) mass is 98.0 g/mol. The molecule has 0 aliphatic carbocycles. The first kappa shape index (κ1) is 4.25. The fourth-order valence-electron chi connectivity index (χ4n) is 0.365. The summed E-state index contributed by atoms with van der Waals surface area (Å²) < 4.78 is 0. The lowest BCUT2D eigenvalue weighted by Crippen LogP contribution is -1.80. The maximum atomic E-state index is 3.16. The molecule has 0 bridgehead atoms. The van der Waals surface area contributed by atoms with Gasteiger partial charge in [-0.3, -0.25) is 0 Å². The predicted octanol–water partition coefficient (Wildman–Crippen LogP) is 1.72. The maximum absolute atomic E-state index is 3.16. The van der Waals surface area contributed by atoms with Gasteiger partial charge in [-0.05, 0) is 18.2 Å². The van der Waals surface area contributed by atoms with E-state index in [0.29, 0.717) is 0 Å². The zero-order valence-electron chi connectivity index (χ0n) is 3.48. The molecule has 0 aromatic carbocycles. The van der Waals surface area contributed by atoms with Gasteiger partial charge in [-0.2, -0.15) is 0 Å². The van der Waals surface area contributed by atoms with Crippen LogP contribution in [0.4, 0.5) is 0 Å². The molecule has 0 nitrogen and oxygen atoms in total. The van der Waals surface area contributed by atoms with Crippen LogP contribution >= 0.6 is 11.8 Å². The van der Waals surface area contributed by atoms with Gasteiger partial charge in [0.15, 0.2) is 0 Å². The average Bonchev–Trinajstić information content (AvgIpc) is 1.72. The molecule has 32 valence electrons. The van der Waals surface area contributed by atoms with Gasteiger partial charge >= 0.3 is 0 Å². The highest BCUT2D eigenvalue weighted by molar-refractivity contribution is 8.02. The van der Waals surface area contributed by atoms with Gasteiger partial charge < -0.3 is 0 Å². The van der Waals surface area contributed by atoms with E-state index in [1.807, 2.05) is 0 Å². The van der Waals surface area contributed by atoms with Gasteiger partial charge in [0, 0.05) is 5.75 Å². The van der Waals surface area contributed by atoms with E-state index in [4.69, 9.17) is 0 Å². The number of thioether (sulfide) groups is 1. The standard InChI is InChI=1S/C5H6S/c1-2-4-6-5-3-1/h2,4H,1,5H2. The molecule has 1 rings (SSSR count). The second kappa shape index (κ2) is 2.30. The Hall–Kier alpha value is 0.0900. The summed E-state index contributed by atoms with van der Waals surface area (Å²) in [7, 11) is 0. The van der Waals surface area contributed by atoms with E-state index in [1.165, 1.54) is 0 Å². The predicted molar refractivity (Wildman–Crippen MR) is 29.5 cm³/mol. The first-order valence-corrected chi connectivity index (χ1v) is 3.02. The summed E-state index contributed by atoms with van der Waals surface area (Å²) in [4.78, 5) is 0. The molecule has 0 aromatic heterocycles. The Balaban J connectivity index is 2.26. The minimum atomic E-state index is 1.05. The van der Waals surface area contributed by atoms with Crippen molar-refractivity contribution in [2.45, 2.75) is 6.42 Å². The van der Waals surface area contributed by atoms with Crippen molar-refractivity contribution in [2.24, 2.45) is 0 Å². The van der Waals surface area contributed by atoms with Crippen LogP contribution in [0.2, 0.25) is 0 Å². The van der Waals surface area contributed by atoms with Crippen molar-refractivity contribution in [1.82, 2.24) is 0 Å². The van der Waals surface area contributed by atoms with Crippen LogP contribution < -0.4 is 0 Å². The molecular weight excluding hydrogens is 92.1 g/mol. The van der Waals surface area contributed by atoms with E-state index in [1.54, 1.807) is 11.8 Å². The second-order valence-electron chi connectivity index (χ2n) is 1.14. The minimum Gasteiger partial charge on any atom is -0.134 e. The van der Waals surface area contributed by atoms with Gasteiger partial charge in [0.2, 0.25) is 0 Å². The van der Waals surface area contributed by atoms with Crippen molar-refractivity contribution >= 4 is 11.8 Å². The lowest BCUT2D eigenvalue weighted by Gasteiger charge is -1.96. The fourth-order valence-corrected chi connectivity index (χ4v) is 0.930. The Morgan fingerprint density at radius 2 is 2.67 bits per heavy atom. The van der Waals surface area contributed by atoms with Crippen molar-refractivity contribution in [3.05, 3.63) is 17.9 Å². The van der Waals surface area contributed by atoms with E-state index >= 15 is 0 Å². The van der Waals surface area contributed by atoms with Crippen LogP contribution in [0.5, 0.6) is 0 Å². The van der Waals surface area contributed by atoms with Gasteiger partial charge in [-0.25, -0.2) is 0 Å².